The first kappa shape index (κ1) is 12.5. The number of halogens is 3. The molecule has 0 radical (unpaired) electrons. The summed E-state index contributed by atoms with van der Waals surface area (Å²) in [6.45, 7) is 0. The molecule has 1 N–H and O–H groups in total. The van der Waals surface area contributed by atoms with Crippen molar-refractivity contribution in [2.45, 2.75) is 0 Å². The van der Waals surface area contributed by atoms with Gasteiger partial charge >= 0.3 is 0 Å². The minimum Gasteiger partial charge on any atom is -0.321 e. The van der Waals surface area contributed by atoms with Crippen molar-refractivity contribution in [3.05, 3.63) is 65.0 Å². The lowest BCUT2D eigenvalue weighted by Gasteiger charge is -2.02. The lowest BCUT2D eigenvalue weighted by Crippen LogP contribution is -2.03. The van der Waals surface area contributed by atoms with Gasteiger partial charge in [0.15, 0.2) is 11.6 Å². The van der Waals surface area contributed by atoms with Gasteiger partial charge in [0.1, 0.15) is 5.82 Å². The zero-order valence-electron chi connectivity index (χ0n) is 10.1. The highest BCUT2D eigenvalue weighted by Gasteiger charge is 2.29. The summed E-state index contributed by atoms with van der Waals surface area (Å²) in [6.07, 6.45) is 1.21. The fourth-order valence-corrected chi connectivity index (χ4v) is 2.11. The third-order valence-electron chi connectivity index (χ3n) is 3.06. The van der Waals surface area contributed by atoms with E-state index in [2.05, 4.69) is 5.32 Å². The first-order chi connectivity index (χ1) is 9.58. The van der Waals surface area contributed by atoms with Crippen LogP contribution in [0.2, 0.25) is 0 Å². The van der Waals surface area contributed by atoms with Crippen molar-refractivity contribution < 1.29 is 18.0 Å². The molecule has 5 heteroatoms. The average molecular weight is 275 g/mol. The quantitative estimate of drug-likeness (QED) is 0.792. The van der Waals surface area contributed by atoms with Crippen LogP contribution in [-0.4, -0.2) is 5.91 Å². The second-order valence-electron chi connectivity index (χ2n) is 4.32. The van der Waals surface area contributed by atoms with Crippen molar-refractivity contribution in [2.75, 3.05) is 5.32 Å². The Hall–Kier alpha value is -2.56. The number of benzene rings is 2. The molecule has 0 saturated heterocycles. The molecule has 0 unspecified atom stereocenters. The molecule has 0 aromatic heterocycles. The van der Waals surface area contributed by atoms with E-state index in [1.165, 1.54) is 30.3 Å². The Morgan fingerprint density at radius 1 is 0.950 bits per heavy atom. The van der Waals surface area contributed by atoms with Crippen LogP contribution in [0, 0.1) is 17.5 Å². The number of anilines is 1. The van der Waals surface area contributed by atoms with Crippen LogP contribution < -0.4 is 5.32 Å². The monoisotopic (exact) mass is 275 g/mol. The van der Waals surface area contributed by atoms with Crippen LogP contribution in [0.5, 0.6) is 0 Å². The van der Waals surface area contributed by atoms with Gasteiger partial charge in [-0.15, -0.1) is 0 Å². The molecule has 2 nitrogen and oxygen atoms in total. The van der Waals surface area contributed by atoms with Crippen LogP contribution in [0.15, 0.2) is 36.4 Å². The maximum Gasteiger partial charge on any atom is 0.256 e. The van der Waals surface area contributed by atoms with Gasteiger partial charge in [-0.1, -0.05) is 18.2 Å². The van der Waals surface area contributed by atoms with E-state index in [0.29, 0.717) is 0 Å². The predicted octanol–water partition coefficient (Wildman–Crippen LogP) is 3.60. The maximum absolute atomic E-state index is 13.8. The van der Waals surface area contributed by atoms with Crippen LogP contribution >= 0.6 is 0 Å². The number of carbonyl (C=O) groups excluding carboxylic acids is 1. The standard InChI is InChI=1S/C15H8F3NO/c16-10-4-2-1-3-8(10)7-9-13-12(19-15(9)20)6-5-11(17)14(13)18/h1-7H,(H,19,20). The lowest BCUT2D eigenvalue weighted by atomic mass is 10.0. The summed E-state index contributed by atoms with van der Waals surface area (Å²) in [6, 6.07) is 7.96. The lowest BCUT2D eigenvalue weighted by molar-refractivity contribution is -0.110. The van der Waals surface area contributed by atoms with E-state index in [0.717, 1.165) is 6.07 Å². The van der Waals surface area contributed by atoms with Crippen molar-refractivity contribution in [3.8, 4) is 0 Å². The van der Waals surface area contributed by atoms with E-state index in [1.807, 2.05) is 0 Å². The molecular weight excluding hydrogens is 267 g/mol. The summed E-state index contributed by atoms with van der Waals surface area (Å²) in [4.78, 5) is 11.8. The third kappa shape index (κ3) is 1.87. The van der Waals surface area contributed by atoms with Gasteiger partial charge in [-0.3, -0.25) is 4.79 Å². The highest BCUT2D eigenvalue weighted by Crippen LogP contribution is 2.36. The van der Waals surface area contributed by atoms with E-state index in [-0.39, 0.29) is 22.4 Å². The Morgan fingerprint density at radius 3 is 2.45 bits per heavy atom. The van der Waals surface area contributed by atoms with Crippen molar-refractivity contribution in [1.82, 2.24) is 0 Å². The first-order valence-electron chi connectivity index (χ1n) is 5.84. The zero-order valence-corrected chi connectivity index (χ0v) is 10.1. The SMILES string of the molecule is O=C1Nc2ccc(F)c(F)c2C1=Cc1ccccc1F. The van der Waals surface area contributed by atoms with Gasteiger partial charge in [0.25, 0.3) is 5.91 Å². The minimum absolute atomic E-state index is 0.0953. The first-order valence-corrected chi connectivity index (χ1v) is 5.84. The number of amides is 1. The Bertz CT molecular complexity index is 753. The van der Waals surface area contributed by atoms with Crippen LogP contribution in [0.4, 0.5) is 18.9 Å². The fourth-order valence-electron chi connectivity index (χ4n) is 2.11. The molecule has 1 heterocycles. The molecule has 0 bridgehead atoms. The minimum atomic E-state index is -1.12. The third-order valence-corrected chi connectivity index (χ3v) is 3.06. The van der Waals surface area contributed by atoms with Crippen LogP contribution in [0.25, 0.3) is 11.6 Å². The van der Waals surface area contributed by atoms with Gasteiger partial charge in [0, 0.05) is 11.1 Å². The Morgan fingerprint density at radius 2 is 1.70 bits per heavy atom. The molecule has 1 aliphatic heterocycles. The number of carbonyl (C=O) groups is 1. The summed E-state index contributed by atoms with van der Waals surface area (Å²) >= 11 is 0. The van der Waals surface area contributed by atoms with Crippen molar-refractivity contribution in [3.63, 3.8) is 0 Å². The molecule has 0 atom stereocenters. The normalized spacial score (nSPS) is 15.3. The fraction of sp³-hybridized carbons (Fsp3) is 0. The number of nitrogens with one attached hydrogen (secondary N) is 1. The summed E-state index contributed by atoms with van der Waals surface area (Å²) in [5.41, 5.74) is 0.0472. The largest absolute Gasteiger partial charge is 0.321 e. The predicted molar refractivity (Wildman–Crippen MR) is 69.3 cm³/mol. The molecule has 1 aliphatic rings. The second-order valence-corrected chi connectivity index (χ2v) is 4.32. The van der Waals surface area contributed by atoms with E-state index in [4.69, 9.17) is 0 Å². The smallest absolute Gasteiger partial charge is 0.256 e. The number of rotatable bonds is 1. The van der Waals surface area contributed by atoms with E-state index in [1.54, 1.807) is 6.07 Å². The molecule has 100 valence electrons. The highest BCUT2D eigenvalue weighted by atomic mass is 19.2. The maximum atomic E-state index is 13.8. The van der Waals surface area contributed by atoms with Crippen molar-refractivity contribution in [1.29, 1.82) is 0 Å². The average Bonchev–Trinajstić information content (AvgIpc) is 2.74. The van der Waals surface area contributed by atoms with Gasteiger partial charge in [0.05, 0.1) is 11.3 Å². The molecular formula is C15H8F3NO. The summed E-state index contributed by atoms with van der Waals surface area (Å²) in [5, 5.41) is 2.42. The molecule has 0 saturated carbocycles. The van der Waals surface area contributed by atoms with E-state index < -0.39 is 23.4 Å². The van der Waals surface area contributed by atoms with E-state index >= 15 is 0 Å². The zero-order chi connectivity index (χ0) is 14.3. The number of fused-ring (bicyclic) bond motifs is 1. The molecule has 0 fully saturated rings. The highest BCUT2D eigenvalue weighted by molar-refractivity contribution is 6.35. The van der Waals surface area contributed by atoms with Crippen LogP contribution in [0.1, 0.15) is 11.1 Å². The summed E-state index contributed by atoms with van der Waals surface area (Å²) in [5.74, 6) is -3.31. The molecule has 3 rings (SSSR count). The van der Waals surface area contributed by atoms with Crippen LogP contribution in [-0.2, 0) is 4.79 Å². The summed E-state index contributed by atoms with van der Waals surface area (Å²) < 4.78 is 40.7. The molecule has 1 amide bonds. The molecule has 20 heavy (non-hydrogen) atoms. The van der Waals surface area contributed by atoms with Gasteiger partial charge in [0.2, 0.25) is 0 Å². The summed E-state index contributed by atoms with van der Waals surface area (Å²) in [7, 11) is 0. The van der Waals surface area contributed by atoms with Gasteiger partial charge in [-0.2, -0.15) is 0 Å². The van der Waals surface area contributed by atoms with E-state index in [9.17, 15) is 18.0 Å². The Kier molecular flexibility index (Phi) is 2.82. The Balaban J connectivity index is 2.20. The van der Waals surface area contributed by atoms with Crippen molar-refractivity contribution >= 4 is 23.2 Å². The molecule has 0 spiro atoms. The Labute approximate surface area is 112 Å². The molecule has 0 aliphatic carbocycles. The topological polar surface area (TPSA) is 29.1 Å². The second kappa shape index (κ2) is 4.52. The van der Waals surface area contributed by atoms with Gasteiger partial charge in [-0.05, 0) is 24.3 Å². The number of hydrogen-bond donors (Lipinski definition) is 1. The van der Waals surface area contributed by atoms with Crippen molar-refractivity contribution in [2.24, 2.45) is 0 Å². The van der Waals surface area contributed by atoms with Gasteiger partial charge < -0.3 is 5.32 Å². The molecule has 2 aromatic carbocycles. The van der Waals surface area contributed by atoms with Crippen LogP contribution in [0.3, 0.4) is 0 Å². The number of hydrogen-bond acceptors (Lipinski definition) is 1. The molecule has 2 aromatic rings. The van der Waals surface area contributed by atoms with Gasteiger partial charge in [-0.25, -0.2) is 13.2 Å².